The minimum atomic E-state index is -0.657. The molecule has 1 unspecified atom stereocenters. The fourth-order valence-electron chi connectivity index (χ4n) is 0.933. The SMILES string of the molecule is CC1C(=O)N(C(=O)NN)C=CC1=S. The van der Waals surface area contributed by atoms with Crippen LogP contribution >= 0.6 is 12.2 Å². The highest BCUT2D eigenvalue weighted by molar-refractivity contribution is 7.80. The molecule has 13 heavy (non-hydrogen) atoms. The van der Waals surface area contributed by atoms with Gasteiger partial charge in [0.1, 0.15) is 0 Å². The lowest BCUT2D eigenvalue weighted by Crippen LogP contribution is -2.48. The van der Waals surface area contributed by atoms with Crippen LogP contribution in [0.15, 0.2) is 12.3 Å². The molecule has 3 amide bonds. The molecule has 0 saturated heterocycles. The Morgan fingerprint density at radius 3 is 2.92 bits per heavy atom. The predicted molar refractivity (Wildman–Crippen MR) is 50.5 cm³/mol. The first kappa shape index (κ1) is 9.82. The molecule has 0 aromatic heterocycles. The number of allylic oxidation sites excluding steroid dienone is 1. The summed E-state index contributed by atoms with van der Waals surface area (Å²) in [6, 6.07) is -0.657. The maximum atomic E-state index is 11.4. The maximum absolute atomic E-state index is 11.4. The lowest BCUT2D eigenvalue weighted by Gasteiger charge is -2.23. The summed E-state index contributed by atoms with van der Waals surface area (Å²) in [5, 5.41) is 0. The summed E-state index contributed by atoms with van der Waals surface area (Å²) in [4.78, 5) is 23.8. The zero-order valence-corrected chi connectivity index (χ0v) is 7.80. The Hall–Kier alpha value is -1.27. The summed E-state index contributed by atoms with van der Waals surface area (Å²) < 4.78 is 0. The van der Waals surface area contributed by atoms with E-state index in [9.17, 15) is 9.59 Å². The van der Waals surface area contributed by atoms with E-state index in [4.69, 9.17) is 18.1 Å². The van der Waals surface area contributed by atoms with Gasteiger partial charge in [-0.25, -0.2) is 15.5 Å². The molecule has 1 atom stereocenters. The number of carbonyl (C=O) groups is 2. The van der Waals surface area contributed by atoms with Crippen molar-refractivity contribution in [3.8, 4) is 0 Å². The van der Waals surface area contributed by atoms with Crippen LogP contribution in [0, 0.1) is 5.92 Å². The summed E-state index contributed by atoms with van der Waals surface area (Å²) in [7, 11) is 0. The summed E-state index contributed by atoms with van der Waals surface area (Å²) in [6.07, 6.45) is 2.85. The Labute approximate surface area is 80.5 Å². The molecule has 70 valence electrons. The van der Waals surface area contributed by atoms with Crippen molar-refractivity contribution >= 4 is 29.0 Å². The second-order valence-corrected chi connectivity index (χ2v) is 3.07. The van der Waals surface area contributed by atoms with Crippen molar-refractivity contribution < 1.29 is 9.59 Å². The number of carbonyl (C=O) groups excluding carboxylic acids is 2. The molecule has 1 aliphatic rings. The van der Waals surface area contributed by atoms with Crippen LogP contribution in [0.2, 0.25) is 0 Å². The first-order chi connectivity index (χ1) is 6.07. The Balaban J connectivity index is 2.91. The number of nitrogens with one attached hydrogen (secondary N) is 1. The number of hydrogen-bond donors (Lipinski definition) is 2. The van der Waals surface area contributed by atoms with Crippen LogP contribution in [-0.2, 0) is 4.79 Å². The molecule has 0 saturated carbocycles. The molecule has 0 fully saturated rings. The molecule has 1 aliphatic heterocycles. The van der Waals surface area contributed by atoms with E-state index >= 15 is 0 Å². The normalized spacial score (nSPS) is 22.0. The van der Waals surface area contributed by atoms with E-state index in [0.717, 1.165) is 4.90 Å². The quantitative estimate of drug-likeness (QED) is 0.248. The van der Waals surface area contributed by atoms with E-state index in [1.807, 2.05) is 5.43 Å². The van der Waals surface area contributed by atoms with Gasteiger partial charge in [-0.3, -0.25) is 10.2 Å². The molecule has 0 spiro atoms. The van der Waals surface area contributed by atoms with Crippen LogP contribution in [0.5, 0.6) is 0 Å². The van der Waals surface area contributed by atoms with Crippen molar-refractivity contribution in [2.75, 3.05) is 0 Å². The molecular weight excluding hydrogens is 190 g/mol. The lowest BCUT2D eigenvalue weighted by molar-refractivity contribution is -0.128. The molecule has 1 rings (SSSR count). The van der Waals surface area contributed by atoms with Gasteiger partial charge in [0.05, 0.1) is 5.92 Å². The van der Waals surface area contributed by atoms with Gasteiger partial charge in [0, 0.05) is 11.1 Å². The van der Waals surface area contributed by atoms with Crippen molar-refractivity contribution in [1.82, 2.24) is 10.3 Å². The van der Waals surface area contributed by atoms with Gasteiger partial charge in [0.15, 0.2) is 0 Å². The van der Waals surface area contributed by atoms with Crippen LogP contribution < -0.4 is 11.3 Å². The molecule has 0 aliphatic carbocycles. The molecule has 0 aromatic carbocycles. The minimum Gasteiger partial charge on any atom is -0.275 e. The number of imide groups is 1. The van der Waals surface area contributed by atoms with Crippen LogP contribution in [0.4, 0.5) is 4.79 Å². The van der Waals surface area contributed by atoms with Crippen LogP contribution in [-0.4, -0.2) is 21.7 Å². The highest BCUT2D eigenvalue weighted by Gasteiger charge is 2.29. The zero-order chi connectivity index (χ0) is 10.0. The van der Waals surface area contributed by atoms with Gasteiger partial charge >= 0.3 is 6.03 Å². The number of amides is 3. The zero-order valence-electron chi connectivity index (χ0n) is 6.98. The van der Waals surface area contributed by atoms with Gasteiger partial charge < -0.3 is 0 Å². The average molecular weight is 199 g/mol. The number of nitrogens with zero attached hydrogens (tertiary/aromatic N) is 1. The lowest BCUT2D eigenvalue weighted by atomic mass is 10.0. The smallest absolute Gasteiger partial charge is 0.275 e. The summed E-state index contributed by atoms with van der Waals surface area (Å²) >= 11 is 4.88. The number of hydrogen-bond acceptors (Lipinski definition) is 4. The van der Waals surface area contributed by atoms with Crippen molar-refractivity contribution in [3.05, 3.63) is 12.3 Å². The molecule has 6 heteroatoms. The summed E-state index contributed by atoms with van der Waals surface area (Å²) in [6.45, 7) is 1.64. The Morgan fingerprint density at radius 1 is 1.77 bits per heavy atom. The fourth-order valence-corrected chi connectivity index (χ4v) is 1.10. The van der Waals surface area contributed by atoms with E-state index < -0.39 is 11.9 Å². The van der Waals surface area contributed by atoms with E-state index in [1.54, 1.807) is 6.92 Å². The Bertz CT molecular complexity index is 300. The number of hydrazine groups is 1. The van der Waals surface area contributed by atoms with Gasteiger partial charge in [0.2, 0.25) is 5.91 Å². The second-order valence-electron chi connectivity index (χ2n) is 2.60. The van der Waals surface area contributed by atoms with Gasteiger partial charge in [-0.1, -0.05) is 12.2 Å². The molecule has 5 nitrogen and oxygen atoms in total. The number of thiocarbonyl (C=S) groups is 1. The average Bonchev–Trinajstić information content (AvgIpc) is 2.13. The van der Waals surface area contributed by atoms with Gasteiger partial charge in [-0.05, 0) is 13.0 Å². The minimum absolute atomic E-state index is 0.365. The standard InChI is InChI=1S/C7H9N3O2S/c1-4-5(13)2-3-10(6(4)11)7(12)9-8/h2-4H,8H2,1H3,(H,9,12). The third-order valence-electron chi connectivity index (χ3n) is 1.76. The van der Waals surface area contributed by atoms with E-state index in [1.165, 1.54) is 12.3 Å². The van der Waals surface area contributed by atoms with E-state index in [-0.39, 0.29) is 5.91 Å². The third-order valence-corrected chi connectivity index (χ3v) is 2.25. The highest BCUT2D eigenvalue weighted by atomic mass is 32.1. The van der Waals surface area contributed by atoms with Crippen molar-refractivity contribution in [3.63, 3.8) is 0 Å². The Morgan fingerprint density at radius 2 is 2.38 bits per heavy atom. The largest absolute Gasteiger partial charge is 0.342 e. The fraction of sp³-hybridized carbons (Fsp3) is 0.286. The second kappa shape index (κ2) is 3.63. The predicted octanol–water partition coefficient (Wildman–Crippen LogP) is -0.0684. The van der Waals surface area contributed by atoms with Crippen molar-refractivity contribution in [1.29, 1.82) is 0 Å². The molecule has 0 radical (unpaired) electrons. The molecule has 1 heterocycles. The molecular formula is C7H9N3O2S. The first-order valence-corrected chi connectivity index (χ1v) is 4.04. The van der Waals surface area contributed by atoms with Crippen LogP contribution in [0.3, 0.4) is 0 Å². The maximum Gasteiger partial charge on any atom is 0.342 e. The summed E-state index contributed by atoms with van der Waals surface area (Å²) in [5.74, 6) is 4.07. The monoisotopic (exact) mass is 199 g/mol. The number of nitrogens with two attached hydrogens (primary N) is 1. The van der Waals surface area contributed by atoms with Crippen LogP contribution in [0.1, 0.15) is 6.92 Å². The topological polar surface area (TPSA) is 75.4 Å². The molecule has 3 N–H and O–H groups in total. The summed E-state index contributed by atoms with van der Waals surface area (Å²) in [5.41, 5.74) is 1.87. The van der Waals surface area contributed by atoms with Gasteiger partial charge in [-0.2, -0.15) is 0 Å². The number of urea groups is 1. The first-order valence-electron chi connectivity index (χ1n) is 3.63. The van der Waals surface area contributed by atoms with Crippen molar-refractivity contribution in [2.45, 2.75) is 6.92 Å². The highest BCUT2D eigenvalue weighted by Crippen LogP contribution is 2.12. The van der Waals surface area contributed by atoms with E-state index in [0.29, 0.717) is 4.86 Å². The van der Waals surface area contributed by atoms with Crippen molar-refractivity contribution in [2.24, 2.45) is 11.8 Å². The number of rotatable bonds is 0. The van der Waals surface area contributed by atoms with Gasteiger partial charge in [-0.15, -0.1) is 0 Å². The van der Waals surface area contributed by atoms with Gasteiger partial charge in [0.25, 0.3) is 0 Å². The Kier molecular flexibility index (Phi) is 2.74. The van der Waals surface area contributed by atoms with Crippen LogP contribution in [0.25, 0.3) is 0 Å². The molecule has 0 aromatic rings. The third kappa shape index (κ3) is 1.73. The molecule has 0 bridgehead atoms. The van der Waals surface area contributed by atoms with E-state index in [2.05, 4.69) is 0 Å².